The van der Waals surface area contributed by atoms with E-state index in [-0.39, 0.29) is 21.3 Å². The number of hydrogen-bond acceptors (Lipinski definition) is 4. The van der Waals surface area contributed by atoms with E-state index >= 15 is 0 Å². The molecule has 0 spiro atoms. The number of carbonyl (C=O) groups excluding carboxylic acids is 1. The third-order valence-electron chi connectivity index (χ3n) is 4.96. The van der Waals surface area contributed by atoms with Crippen LogP contribution in [0.15, 0.2) is 30.3 Å². The third kappa shape index (κ3) is 5.11. The number of aromatic nitrogens is 1. The van der Waals surface area contributed by atoms with E-state index in [1.54, 1.807) is 6.07 Å². The summed E-state index contributed by atoms with van der Waals surface area (Å²) in [4.78, 5) is 16.4. The van der Waals surface area contributed by atoms with Crippen LogP contribution in [0, 0.1) is 0 Å². The maximum absolute atomic E-state index is 13.0. The number of carbonyl (C=O) groups is 1. The topological polar surface area (TPSA) is 48.4 Å². The molecule has 29 heavy (non-hydrogen) atoms. The van der Waals surface area contributed by atoms with Crippen molar-refractivity contribution < 1.29 is 27.1 Å². The number of hydrogen-bond donors (Lipinski definition) is 0. The van der Waals surface area contributed by atoms with Gasteiger partial charge in [-0.05, 0) is 48.5 Å². The molecule has 0 radical (unpaired) electrons. The summed E-state index contributed by atoms with van der Waals surface area (Å²) in [6.45, 7) is 10.4. The summed E-state index contributed by atoms with van der Waals surface area (Å²) in [5.41, 5.74) is -1.04. The minimum atomic E-state index is -4.63. The zero-order valence-electron chi connectivity index (χ0n) is 17.1. The standard InChI is InChI=1S/C20H23ClF3NO3Si/c1-19(2,3)29(5,6)28-16-10-7-12(11-14(16)21)17(26)15-9-8-13(20(22,23)24)18(25-15)27-4/h7-11H,1-6H3. The fourth-order valence-electron chi connectivity index (χ4n) is 2.24. The Morgan fingerprint density at radius 2 is 1.72 bits per heavy atom. The molecule has 0 fully saturated rings. The number of benzene rings is 1. The largest absolute Gasteiger partial charge is 0.543 e. The van der Waals surface area contributed by atoms with Crippen molar-refractivity contribution in [1.29, 1.82) is 0 Å². The fraction of sp³-hybridized carbons (Fsp3) is 0.400. The Labute approximate surface area is 174 Å². The number of ether oxygens (including phenoxy) is 1. The Morgan fingerprint density at radius 1 is 1.10 bits per heavy atom. The van der Waals surface area contributed by atoms with Crippen LogP contribution in [-0.4, -0.2) is 26.2 Å². The first-order chi connectivity index (χ1) is 13.2. The fourth-order valence-corrected chi connectivity index (χ4v) is 3.56. The lowest BCUT2D eigenvalue weighted by Gasteiger charge is -2.36. The molecule has 158 valence electrons. The summed E-state index contributed by atoms with van der Waals surface area (Å²) in [5.74, 6) is -0.766. The van der Waals surface area contributed by atoms with Crippen molar-refractivity contribution >= 4 is 25.7 Å². The van der Waals surface area contributed by atoms with Crippen LogP contribution in [0.3, 0.4) is 0 Å². The summed E-state index contributed by atoms with van der Waals surface area (Å²) in [7, 11) is -1.06. The van der Waals surface area contributed by atoms with E-state index in [4.69, 9.17) is 20.8 Å². The predicted octanol–water partition coefficient (Wildman–Crippen LogP) is 6.38. The van der Waals surface area contributed by atoms with E-state index in [9.17, 15) is 18.0 Å². The Morgan fingerprint density at radius 3 is 2.21 bits per heavy atom. The second kappa shape index (κ2) is 7.99. The monoisotopic (exact) mass is 445 g/mol. The van der Waals surface area contributed by atoms with Crippen LogP contribution < -0.4 is 9.16 Å². The second-order valence-corrected chi connectivity index (χ2v) is 13.2. The van der Waals surface area contributed by atoms with Gasteiger partial charge in [0.15, 0.2) is 0 Å². The quantitative estimate of drug-likeness (QED) is 0.396. The molecule has 1 aromatic carbocycles. The van der Waals surface area contributed by atoms with E-state index in [0.29, 0.717) is 5.75 Å². The lowest BCUT2D eigenvalue weighted by Crippen LogP contribution is -2.43. The van der Waals surface area contributed by atoms with Crippen LogP contribution in [0.25, 0.3) is 0 Å². The molecule has 0 bridgehead atoms. The van der Waals surface area contributed by atoms with Gasteiger partial charge in [0.2, 0.25) is 11.7 Å². The number of methoxy groups -OCH3 is 1. The highest BCUT2D eigenvalue weighted by atomic mass is 35.5. The predicted molar refractivity (Wildman–Crippen MR) is 109 cm³/mol. The minimum absolute atomic E-state index is 0.0362. The van der Waals surface area contributed by atoms with Gasteiger partial charge in [0.1, 0.15) is 17.0 Å². The molecular weight excluding hydrogens is 423 g/mol. The van der Waals surface area contributed by atoms with Crippen molar-refractivity contribution in [3.63, 3.8) is 0 Å². The van der Waals surface area contributed by atoms with Crippen LogP contribution in [-0.2, 0) is 6.18 Å². The zero-order valence-corrected chi connectivity index (χ0v) is 18.8. The molecule has 0 aliphatic carbocycles. The highest BCUT2D eigenvalue weighted by Gasteiger charge is 2.39. The molecule has 1 heterocycles. The molecule has 0 saturated heterocycles. The molecule has 2 aromatic rings. The first kappa shape index (κ1) is 23.2. The summed E-state index contributed by atoms with van der Waals surface area (Å²) in [6.07, 6.45) is -4.63. The summed E-state index contributed by atoms with van der Waals surface area (Å²) < 4.78 is 49.8. The molecule has 0 unspecified atom stereocenters. The molecule has 4 nitrogen and oxygen atoms in total. The zero-order chi connectivity index (χ0) is 22.2. The number of ketones is 1. The number of nitrogens with zero attached hydrogens (tertiary/aromatic N) is 1. The molecular formula is C20H23ClF3NO3Si. The maximum Gasteiger partial charge on any atom is 0.421 e. The second-order valence-electron chi connectivity index (χ2n) is 8.09. The van der Waals surface area contributed by atoms with E-state index < -0.39 is 31.7 Å². The van der Waals surface area contributed by atoms with Crippen LogP contribution in [0.5, 0.6) is 11.6 Å². The van der Waals surface area contributed by atoms with Crippen LogP contribution in [0.4, 0.5) is 13.2 Å². The summed E-state index contributed by atoms with van der Waals surface area (Å²) in [6, 6.07) is 6.33. The average molecular weight is 446 g/mol. The summed E-state index contributed by atoms with van der Waals surface area (Å²) >= 11 is 6.31. The SMILES string of the molecule is COc1nc(C(=O)c2ccc(O[Si](C)(C)C(C)(C)C)c(Cl)c2)ccc1C(F)(F)F. The Hall–Kier alpha value is -2.06. The molecule has 0 atom stereocenters. The van der Waals surface area contributed by atoms with Gasteiger partial charge >= 0.3 is 6.18 Å². The Balaban J connectivity index is 2.35. The number of rotatable bonds is 5. The normalized spacial score (nSPS) is 12.6. The molecule has 9 heteroatoms. The van der Waals surface area contributed by atoms with Gasteiger partial charge in [0, 0.05) is 5.56 Å². The first-order valence-corrected chi connectivity index (χ1v) is 12.1. The molecule has 2 rings (SSSR count). The van der Waals surface area contributed by atoms with Gasteiger partial charge < -0.3 is 9.16 Å². The molecule has 1 aromatic heterocycles. The van der Waals surface area contributed by atoms with Gasteiger partial charge in [0.25, 0.3) is 8.32 Å². The van der Waals surface area contributed by atoms with Gasteiger partial charge in [0.05, 0.1) is 12.1 Å². The third-order valence-corrected chi connectivity index (χ3v) is 9.59. The van der Waals surface area contributed by atoms with Crippen molar-refractivity contribution in [3.8, 4) is 11.6 Å². The number of halogens is 4. The highest BCUT2D eigenvalue weighted by molar-refractivity contribution is 6.74. The van der Waals surface area contributed by atoms with Crippen LogP contribution >= 0.6 is 11.6 Å². The first-order valence-electron chi connectivity index (χ1n) is 8.83. The molecule has 0 saturated carbocycles. The van der Waals surface area contributed by atoms with Gasteiger partial charge in [-0.1, -0.05) is 32.4 Å². The Bertz CT molecular complexity index is 924. The summed E-state index contributed by atoms with van der Waals surface area (Å²) in [5, 5.41) is 0.213. The van der Waals surface area contributed by atoms with Gasteiger partial charge in [-0.3, -0.25) is 4.79 Å². The minimum Gasteiger partial charge on any atom is -0.543 e. The smallest absolute Gasteiger partial charge is 0.421 e. The van der Waals surface area contributed by atoms with Crippen molar-refractivity contribution in [2.75, 3.05) is 7.11 Å². The van der Waals surface area contributed by atoms with E-state index in [1.807, 2.05) is 0 Å². The molecule has 0 aliphatic rings. The average Bonchev–Trinajstić information content (AvgIpc) is 2.60. The lowest BCUT2D eigenvalue weighted by atomic mass is 10.1. The van der Waals surface area contributed by atoms with Gasteiger partial charge in [-0.25, -0.2) is 4.98 Å². The highest BCUT2D eigenvalue weighted by Crippen LogP contribution is 2.39. The molecule has 0 aliphatic heterocycles. The van der Waals surface area contributed by atoms with Gasteiger partial charge in [-0.15, -0.1) is 0 Å². The lowest BCUT2D eigenvalue weighted by molar-refractivity contribution is -0.139. The van der Waals surface area contributed by atoms with E-state index in [1.165, 1.54) is 12.1 Å². The van der Waals surface area contributed by atoms with Crippen molar-refractivity contribution in [3.05, 3.63) is 52.2 Å². The number of alkyl halides is 3. The van der Waals surface area contributed by atoms with Gasteiger partial charge in [-0.2, -0.15) is 13.2 Å². The number of pyridine rings is 1. The van der Waals surface area contributed by atoms with Crippen LogP contribution in [0.2, 0.25) is 23.2 Å². The van der Waals surface area contributed by atoms with E-state index in [0.717, 1.165) is 19.2 Å². The van der Waals surface area contributed by atoms with E-state index in [2.05, 4.69) is 38.8 Å². The van der Waals surface area contributed by atoms with Crippen LogP contribution in [0.1, 0.15) is 42.4 Å². The maximum atomic E-state index is 13.0. The molecule has 0 N–H and O–H groups in total. The van der Waals surface area contributed by atoms with Crippen molar-refractivity contribution in [1.82, 2.24) is 4.98 Å². The van der Waals surface area contributed by atoms with Crippen molar-refractivity contribution in [2.45, 2.75) is 45.1 Å². The Kier molecular flexibility index (Phi) is 6.39. The van der Waals surface area contributed by atoms with Crippen molar-refractivity contribution in [2.24, 2.45) is 0 Å². The molecule has 0 amide bonds.